The molecule has 2 aromatic rings. The summed E-state index contributed by atoms with van der Waals surface area (Å²) >= 11 is 0. The molecule has 0 bridgehead atoms. The molecule has 3 rings (SSSR count). The van der Waals surface area contributed by atoms with E-state index in [9.17, 15) is 0 Å². The largest absolute Gasteiger partial charge is 0.313 e. The van der Waals surface area contributed by atoms with Crippen molar-refractivity contribution in [3.05, 3.63) is 46.8 Å². The number of benzene rings is 1. The lowest BCUT2D eigenvalue weighted by molar-refractivity contribution is 0.488. The Morgan fingerprint density at radius 3 is 2.80 bits per heavy atom. The zero-order valence-electron chi connectivity index (χ0n) is 12.4. The van der Waals surface area contributed by atoms with Crippen molar-refractivity contribution in [3.8, 4) is 11.4 Å². The summed E-state index contributed by atoms with van der Waals surface area (Å²) in [5.41, 5.74) is 6.19. The van der Waals surface area contributed by atoms with E-state index in [1.165, 1.54) is 35.2 Å². The first-order valence-corrected chi connectivity index (χ1v) is 7.29. The third-order valence-corrected chi connectivity index (χ3v) is 4.30. The maximum Gasteiger partial charge on any atom is 0.159 e. The smallest absolute Gasteiger partial charge is 0.159 e. The van der Waals surface area contributed by atoms with Gasteiger partial charge < -0.3 is 5.32 Å². The number of nitrogens with zero attached hydrogens (tertiary/aromatic N) is 2. The van der Waals surface area contributed by atoms with Gasteiger partial charge in [0.05, 0.1) is 0 Å². The molecule has 1 unspecified atom stereocenters. The minimum atomic E-state index is 0.410. The lowest BCUT2D eigenvalue weighted by Crippen LogP contribution is -2.22. The van der Waals surface area contributed by atoms with Crippen LogP contribution in [0.15, 0.2) is 24.4 Å². The van der Waals surface area contributed by atoms with Gasteiger partial charge in [0, 0.05) is 29.1 Å². The summed E-state index contributed by atoms with van der Waals surface area (Å²) < 4.78 is 0. The summed E-state index contributed by atoms with van der Waals surface area (Å²) in [6, 6.07) is 6.84. The maximum atomic E-state index is 4.80. The van der Waals surface area contributed by atoms with Crippen LogP contribution in [0.25, 0.3) is 11.4 Å². The highest BCUT2D eigenvalue weighted by Gasteiger charge is 2.21. The average Bonchev–Trinajstić information content (AvgIpc) is 2.48. The fourth-order valence-electron chi connectivity index (χ4n) is 2.87. The van der Waals surface area contributed by atoms with Gasteiger partial charge in [-0.2, -0.15) is 0 Å². The molecule has 0 fully saturated rings. The molecule has 1 aliphatic rings. The first kappa shape index (κ1) is 13.3. The van der Waals surface area contributed by atoms with E-state index >= 15 is 0 Å². The molecule has 0 saturated carbocycles. The Kier molecular flexibility index (Phi) is 3.53. The van der Waals surface area contributed by atoms with Crippen molar-refractivity contribution in [2.75, 3.05) is 7.05 Å². The fourth-order valence-corrected chi connectivity index (χ4v) is 2.87. The minimum absolute atomic E-state index is 0.410. The van der Waals surface area contributed by atoms with Gasteiger partial charge in [0.2, 0.25) is 0 Å². The first-order chi connectivity index (χ1) is 9.69. The van der Waals surface area contributed by atoms with Gasteiger partial charge in [-0.25, -0.2) is 9.97 Å². The van der Waals surface area contributed by atoms with Crippen LogP contribution in [0.1, 0.15) is 41.3 Å². The molecule has 0 radical (unpaired) electrons. The second-order valence-electron chi connectivity index (χ2n) is 5.63. The van der Waals surface area contributed by atoms with Crippen LogP contribution in [0, 0.1) is 13.8 Å². The van der Waals surface area contributed by atoms with E-state index < -0.39 is 0 Å². The highest BCUT2D eigenvalue weighted by molar-refractivity contribution is 5.57. The van der Waals surface area contributed by atoms with Gasteiger partial charge >= 0.3 is 0 Å². The summed E-state index contributed by atoms with van der Waals surface area (Å²) in [4.78, 5) is 9.38. The van der Waals surface area contributed by atoms with Gasteiger partial charge in [0.1, 0.15) is 0 Å². The van der Waals surface area contributed by atoms with Crippen molar-refractivity contribution in [1.29, 1.82) is 0 Å². The number of fused-ring (bicyclic) bond motifs is 1. The van der Waals surface area contributed by atoms with Crippen LogP contribution in [0.4, 0.5) is 0 Å². The van der Waals surface area contributed by atoms with Crippen molar-refractivity contribution in [3.63, 3.8) is 0 Å². The zero-order valence-corrected chi connectivity index (χ0v) is 12.4. The lowest BCUT2D eigenvalue weighted by atomic mass is 9.92. The fraction of sp³-hybridized carbons (Fsp3) is 0.412. The summed E-state index contributed by atoms with van der Waals surface area (Å²) in [6.45, 7) is 4.26. The third-order valence-electron chi connectivity index (χ3n) is 4.30. The highest BCUT2D eigenvalue weighted by atomic mass is 14.9. The molecule has 3 nitrogen and oxygen atoms in total. The van der Waals surface area contributed by atoms with Crippen molar-refractivity contribution in [1.82, 2.24) is 15.3 Å². The Morgan fingerprint density at radius 2 is 2.05 bits per heavy atom. The standard InChI is InChI=1S/C17H21N3/c1-11-7-8-13(9-12(11)2)17-19-10-14-15(18-3)5-4-6-16(14)20-17/h7-10,15,18H,4-6H2,1-3H3. The van der Waals surface area contributed by atoms with Crippen LogP contribution in [-0.4, -0.2) is 17.0 Å². The van der Waals surface area contributed by atoms with Crippen LogP contribution >= 0.6 is 0 Å². The van der Waals surface area contributed by atoms with E-state index in [0.717, 1.165) is 17.8 Å². The van der Waals surface area contributed by atoms with E-state index in [1.54, 1.807) is 0 Å². The van der Waals surface area contributed by atoms with Crippen LogP contribution in [0.3, 0.4) is 0 Å². The second kappa shape index (κ2) is 5.33. The zero-order chi connectivity index (χ0) is 14.1. The number of hydrogen-bond acceptors (Lipinski definition) is 3. The van der Waals surface area contributed by atoms with E-state index in [0.29, 0.717) is 6.04 Å². The number of aryl methyl sites for hydroxylation is 3. The topological polar surface area (TPSA) is 37.8 Å². The van der Waals surface area contributed by atoms with E-state index in [-0.39, 0.29) is 0 Å². The molecule has 20 heavy (non-hydrogen) atoms. The molecule has 0 saturated heterocycles. The monoisotopic (exact) mass is 267 g/mol. The SMILES string of the molecule is CNC1CCCc2nc(-c3ccc(C)c(C)c3)ncc21. The molecule has 1 aromatic carbocycles. The highest BCUT2D eigenvalue weighted by Crippen LogP contribution is 2.29. The number of nitrogens with one attached hydrogen (secondary N) is 1. The molecule has 0 aliphatic heterocycles. The molecule has 1 aliphatic carbocycles. The third kappa shape index (κ3) is 2.34. The summed E-state index contributed by atoms with van der Waals surface area (Å²) in [5, 5.41) is 3.36. The molecular formula is C17H21N3. The van der Waals surface area contributed by atoms with Gasteiger partial charge in [-0.1, -0.05) is 12.1 Å². The Labute approximate surface area is 120 Å². The van der Waals surface area contributed by atoms with Crippen LogP contribution in [0.2, 0.25) is 0 Å². The molecule has 3 heteroatoms. The van der Waals surface area contributed by atoms with Gasteiger partial charge in [-0.15, -0.1) is 0 Å². The van der Waals surface area contributed by atoms with E-state index in [1.807, 2.05) is 13.2 Å². The molecular weight excluding hydrogens is 246 g/mol. The molecule has 1 aromatic heterocycles. The minimum Gasteiger partial charge on any atom is -0.313 e. The average molecular weight is 267 g/mol. The molecule has 0 spiro atoms. The van der Waals surface area contributed by atoms with Gasteiger partial charge in [-0.05, 0) is 57.4 Å². The Bertz CT molecular complexity index is 634. The summed E-state index contributed by atoms with van der Waals surface area (Å²) in [6.07, 6.45) is 5.44. The Balaban J connectivity index is 2.01. The van der Waals surface area contributed by atoms with Crippen LogP contribution in [-0.2, 0) is 6.42 Å². The van der Waals surface area contributed by atoms with Crippen molar-refractivity contribution in [2.45, 2.75) is 39.2 Å². The van der Waals surface area contributed by atoms with Gasteiger partial charge in [-0.3, -0.25) is 0 Å². The molecule has 1 atom stereocenters. The Morgan fingerprint density at radius 1 is 1.20 bits per heavy atom. The predicted molar refractivity (Wildman–Crippen MR) is 81.7 cm³/mol. The van der Waals surface area contributed by atoms with Gasteiger partial charge in [0.15, 0.2) is 5.82 Å². The Hall–Kier alpha value is -1.74. The van der Waals surface area contributed by atoms with Crippen LogP contribution < -0.4 is 5.32 Å². The van der Waals surface area contributed by atoms with Crippen LogP contribution in [0.5, 0.6) is 0 Å². The number of hydrogen-bond donors (Lipinski definition) is 1. The lowest BCUT2D eigenvalue weighted by Gasteiger charge is -2.24. The molecule has 1 N–H and O–H groups in total. The molecule has 104 valence electrons. The quantitative estimate of drug-likeness (QED) is 0.906. The van der Waals surface area contributed by atoms with E-state index in [4.69, 9.17) is 4.98 Å². The summed E-state index contributed by atoms with van der Waals surface area (Å²) in [5.74, 6) is 0.851. The number of rotatable bonds is 2. The predicted octanol–water partition coefficient (Wildman–Crippen LogP) is 3.36. The maximum absolute atomic E-state index is 4.80. The molecule has 0 amide bonds. The first-order valence-electron chi connectivity index (χ1n) is 7.29. The van der Waals surface area contributed by atoms with E-state index in [2.05, 4.69) is 42.3 Å². The second-order valence-corrected chi connectivity index (χ2v) is 5.63. The van der Waals surface area contributed by atoms with Crippen molar-refractivity contribution < 1.29 is 0 Å². The molecule has 1 heterocycles. The number of aromatic nitrogens is 2. The normalized spacial score (nSPS) is 17.9. The summed E-state index contributed by atoms with van der Waals surface area (Å²) in [7, 11) is 2.01. The van der Waals surface area contributed by atoms with Gasteiger partial charge in [0.25, 0.3) is 0 Å². The van der Waals surface area contributed by atoms with Crippen molar-refractivity contribution >= 4 is 0 Å². The van der Waals surface area contributed by atoms with Crippen molar-refractivity contribution in [2.24, 2.45) is 0 Å².